The molecule has 2 atom stereocenters. The Morgan fingerprint density at radius 2 is 2.10 bits per heavy atom. The summed E-state index contributed by atoms with van der Waals surface area (Å²) in [5.74, 6) is 0.444. The van der Waals surface area contributed by atoms with Gasteiger partial charge in [0.25, 0.3) is 0 Å². The molecule has 0 saturated carbocycles. The highest BCUT2D eigenvalue weighted by molar-refractivity contribution is 5.85. The Kier molecular flexibility index (Phi) is 6.03. The first-order valence-electron chi connectivity index (χ1n) is 7.50. The molecule has 2 aliphatic heterocycles. The Bertz CT molecular complexity index is 449. The predicted octanol–water partition coefficient (Wildman–Crippen LogP) is 2.01. The first kappa shape index (κ1) is 16.3. The standard InChI is InChI=1S/C16H22N2O2.ClH/c19-16(14-7-4-8-17-11-14)18-9-10-20-15(12-18)13-5-2-1-3-6-13;/h1-3,5-6,14-15,17H,4,7-12H2;1H. The normalized spacial score (nSPS) is 26.0. The third-order valence-corrected chi connectivity index (χ3v) is 4.20. The van der Waals surface area contributed by atoms with Gasteiger partial charge in [-0.1, -0.05) is 30.3 Å². The number of amides is 1. The van der Waals surface area contributed by atoms with E-state index in [4.69, 9.17) is 4.74 Å². The van der Waals surface area contributed by atoms with E-state index in [2.05, 4.69) is 17.4 Å². The van der Waals surface area contributed by atoms with Crippen LogP contribution in [0.1, 0.15) is 24.5 Å². The van der Waals surface area contributed by atoms with Crippen molar-refractivity contribution in [1.29, 1.82) is 0 Å². The number of halogens is 1. The van der Waals surface area contributed by atoms with Crippen molar-refractivity contribution in [2.45, 2.75) is 18.9 Å². The molecule has 5 heteroatoms. The van der Waals surface area contributed by atoms with E-state index >= 15 is 0 Å². The Morgan fingerprint density at radius 3 is 2.81 bits per heavy atom. The molecule has 2 fully saturated rings. The number of hydrogen-bond acceptors (Lipinski definition) is 3. The Balaban J connectivity index is 0.00000161. The van der Waals surface area contributed by atoms with Gasteiger partial charge in [-0.05, 0) is 24.9 Å². The van der Waals surface area contributed by atoms with Gasteiger partial charge in [0.1, 0.15) is 6.10 Å². The highest BCUT2D eigenvalue weighted by atomic mass is 35.5. The molecule has 0 aliphatic carbocycles. The summed E-state index contributed by atoms with van der Waals surface area (Å²) in [5, 5.41) is 3.32. The zero-order valence-electron chi connectivity index (χ0n) is 12.2. The van der Waals surface area contributed by atoms with Gasteiger partial charge >= 0.3 is 0 Å². The fourth-order valence-corrected chi connectivity index (χ4v) is 3.04. The molecule has 116 valence electrons. The molecule has 0 bridgehead atoms. The molecule has 2 unspecified atom stereocenters. The van der Waals surface area contributed by atoms with E-state index < -0.39 is 0 Å². The van der Waals surface area contributed by atoms with E-state index in [0.717, 1.165) is 38.0 Å². The van der Waals surface area contributed by atoms with Crippen molar-refractivity contribution in [2.75, 3.05) is 32.8 Å². The fraction of sp³-hybridized carbons (Fsp3) is 0.562. The Labute approximate surface area is 132 Å². The van der Waals surface area contributed by atoms with Crippen LogP contribution in [0.3, 0.4) is 0 Å². The summed E-state index contributed by atoms with van der Waals surface area (Å²) in [6, 6.07) is 10.2. The van der Waals surface area contributed by atoms with Gasteiger partial charge in [0.2, 0.25) is 5.91 Å². The second kappa shape index (κ2) is 7.78. The fourth-order valence-electron chi connectivity index (χ4n) is 3.04. The van der Waals surface area contributed by atoms with Crippen molar-refractivity contribution in [3.05, 3.63) is 35.9 Å². The van der Waals surface area contributed by atoms with Gasteiger partial charge in [-0.25, -0.2) is 0 Å². The summed E-state index contributed by atoms with van der Waals surface area (Å²) in [4.78, 5) is 14.5. The van der Waals surface area contributed by atoms with Crippen LogP contribution in [-0.2, 0) is 9.53 Å². The lowest BCUT2D eigenvalue weighted by Crippen LogP contribution is -2.48. The monoisotopic (exact) mass is 310 g/mol. The molecular formula is C16H23ClN2O2. The number of carbonyl (C=O) groups excluding carboxylic acids is 1. The van der Waals surface area contributed by atoms with Gasteiger partial charge in [-0.3, -0.25) is 4.79 Å². The van der Waals surface area contributed by atoms with Gasteiger partial charge in [-0.2, -0.15) is 0 Å². The van der Waals surface area contributed by atoms with Crippen molar-refractivity contribution in [3.8, 4) is 0 Å². The third-order valence-electron chi connectivity index (χ3n) is 4.20. The van der Waals surface area contributed by atoms with E-state index in [1.165, 1.54) is 0 Å². The summed E-state index contributed by atoms with van der Waals surface area (Å²) in [6.45, 7) is 3.90. The maximum atomic E-state index is 12.6. The van der Waals surface area contributed by atoms with Crippen molar-refractivity contribution < 1.29 is 9.53 Å². The van der Waals surface area contributed by atoms with Crippen LogP contribution in [0, 0.1) is 5.92 Å². The molecule has 2 saturated heterocycles. The van der Waals surface area contributed by atoms with Crippen LogP contribution in [0.15, 0.2) is 30.3 Å². The molecule has 0 radical (unpaired) electrons. The van der Waals surface area contributed by atoms with Crippen LogP contribution in [-0.4, -0.2) is 43.6 Å². The topological polar surface area (TPSA) is 41.6 Å². The zero-order chi connectivity index (χ0) is 13.8. The van der Waals surface area contributed by atoms with Gasteiger partial charge in [0, 0.05) is 13.1 Å². The van der Waals surface area contributed by atoms with Crippen molar-refractivity contribution in [3.63, 3.8) is 0 Å². The molecule has 0 spiro atoms. The number of piperidine rings is 1. The molecule has 4 nitrogen and oxygen atoms in total. The van der Waals surface area contributed by atoms with Gasteiger partial charge < -0.3 is 15.0 Å². The first-order valence-corrected chi connectivity index (χ1v) is 7.50. The van der Waals surface area contributed by atoms with E-state index in [-0.39, 0.29) is 24.4 Å². The minimum atomic E-state index is 0. The van der Waals surface area contributed by atoms with Crippen LogP contribution in [0.4, 0.5) is 0 Å². The van der Waals surface area contributed by atoms with Crippen LogP contribution in [0.25, 0.3) is 0 Å². The summed E-state index contributed by atoms with van der Waals surface area (Å²) in [6.07, 6.45) is 2.13. The molecule has 21 heavy (non-hydrogen) atoms. The number of nitrogens with one attached hydrogen (secondary N) is 1. The quantitative estimate of drug-likeness (QED) is 0.908. The summed E-state index contributed by atoms with van der Waals surface area (Å²) in [7, 11) is 0. The highest BCUT2D eigenvalue weighted by Crippen LogP contribution is 2.24. The number of ether oxygens (including phenoxy) is 1. The van der Waals surface area contributed by atoms with Crippen LogP contribution >= 0.6 is 12.4 Å². The lowest BCUT2D eigenvalue weighted by Gasteiger charge is -2.36. The minimum Gasteiger partial charge on any atom is -0.370 e. The second-order valence-corrected chi connectivity index (χ2v) is 5.60. The highest BCUT2D eigenvalue weighted by Gasteiger charge is 2.30. The lowest BCUT2D eigenvalue weighted by molar-refractivity contribution is -0.143. The summed E-state index contributed by atoms with van der Waals surface area (Å²) >= 11 is 0. The molecule has 1 N–H and O–H groups in total. The van der Waals surface area contributed by atoms with Crippen molar-refractivity contribution in [2.24, 2.45) is 5.92 Å². The van der Waals surface area contributed by atoms with Crippen molar-refractivity contribution in [1.82, 2.24) is 10.2 Å². The Morgan fingerprint density at radius 1 is 1.29 bits per heavy atom. The van der Waals surface area contributed by atoms with E-state index in [1.54, 1.807) is 0 Å². The van der Waals surface area contributed by atoms with Gasteiger partial charge in [-0.15, -0.1) is 12.4 Å². The average Bonchev–Trinajstić information content (AvgIpc) is 2.56. The van der Waals surface area contributed by atoms with Gasteiger partial charge in [0.05, 0.1) is 19.1 Å². The molecule has 1 amide bonds. The van der Waals surface area contributed by atoms with Crippen molar-refractivity contribution >= 4 is 18.3 Å². The maximum Gasteiger partial charge on any atom is 0.227 e. The maximum absolute atomic E-state index is 12.6. The number of nitrogens with zero attached hydrogens (tertiary/aromatic N) is 1. The first-order chi connectivity index (χ1) is 9.84. The van der Waals surface area contributed by atoms with Crippen LogP contribution in [0.5, 0.6) is 0 Å². The van der Waals surface area contributed by atoms with E-state index in [9.17, 15) is 4.79 Å². The zero-order valence-corrected chi connectivity index (χ0v) is 13.0. The average molecular weight is 311 g/mol. The lowest BCUT2D eigenvalue weighted by atomic mass is 9.97. The smallest absolute Gasteiger partial charge is 0.227 e. The Hall–Kier alpha value is -1.10. The van der Waals surface area contributed by atoms with Crippen LogP contribution < -0.4 is 5.32 Å². The number of morpholine rings is 1. The number of carbonyl (C=O) groups is 1. The van der Waals surface area contributed by atoms with E-state index in [1.807, 2.05) is 23.1 Å². The number of rotatable bonds is 2. The molecule has 3 rings (SSSR count). The largest absolute Gasteiger partial charge is 0.370 e. The predicted molar refractivity (Wildman–Crippen MR) is 84.6 cm³/mol. The van der Waals surface area contributed by atoms with Crippen LogP contribution in [0.2, 0.25) is 0 Å². The summed E-state index contributed by atoms with van der Waals surface area (Å²) < 4.78 is 5.82. The number of hydrogen-bond donors (Lipinski definition) is 1. The molecule has 0 aromatic heterocycles. The SMILES string of the molecule is Cl.O=C(C1CCCNC1)N1CCOC(c2ccccc2)C1. The molecule has 2 aliphatic rings. The molecular weight excluding hydrogens is 288 g/mol. The summed E-state index contributed by atoms with van der Waals surface area (Å²) in [5.41, 5.74) is 1.16. The van der Waals surface area contributed by atoms with Gasteiger partial charge in [0.15, 0.2) is 0 Å². The molecule has 1 aromatic rings. The third kappa shape index (κ3) is 3.96. The number of benzene rings is 1. The minimum absolute atomic E-state index is 0. The second-order valence-electron chi connectivity index (χ2n) is 5.60. The molecule has 2 heterocycles. The van der Waals surface area contributed by atoms with E-state index in [0.29, 0.717) is 19.1 Å². The molecule has 1 aromatic carbocycles.